The van der Waals surface area contributed by atoms with Gasteiger partial charge in [0.2, 0.25) is 0 Å². The lowest BCUT2D eigenvalue weighted by Gasteiger charge is -2.20. The first-order valence-electron chi connectivity index (χ1n) is 8.65. The van der Waals surface area contributed by atoms with E-state index in [-0.39, 0.29) is 10.6 Å². The van der Waals surface area contributed by atoms with Crippen LogP contribution >= 0.6 is 0 Å². The van der Waals surface area contributed by atoms with Crippen LogP contribution in [0.1, 0.15) is 25.0 Å². The molecule has 3 rings (SSSR count). The molecule has 1 amide bonds. The van der Waals surface area contributed by atoms with E-state index in [1.54, 1.807) is 56.4 Å². The fraction of sp³-hybridized carbons (Fsp3) is 0.263. The number of hydrogen-bond acceptors (Lipinski definition) is 6. The summed E-state index contributed by atoms with van der Waals surface area (Å²) in [6.45, 7) is 3.75. The average Bonchev–Trinajstić information content (AvgIpc) is 2.81. The van der Waals surface area contributed by atoms with Gasteiger partial charge in [-0.2, -0.15) is 0 Å². The van der Waals surface area contributed by atoms with Crippen LogP contribution in [0.3, 0.4) is 0 Å². The molecule has 3 N–H and O–H groups in total. The number of sulfonamides is 1. The molecule has 0 spiro atoms. The minimum atomic E-state index is -3.91. The third-order valence-corrected chi connectivity index (χ3v) is 6.29. The van der Waals surface area contributed by atoms with Gasteiger partial charge in [-0.25, -0.2) is 17.7 Å². The van der Waals surface area contributed by atoms with Crippen molar-refractivity contribution in [1.82, 2.24) is 14.6 Å². The van der Waals surface area contributed by atoms with Crippen molar-refractivity contribution in [3.63, 3.8) is 0 Å². The molecule has 2 aromatic rings. The molecule has 0 unspecified atom stereocenters. The van der Waals surface area contributed by atoms with Crippen molar-refractivity contribution >= 4 is 26.7 Å². The molecule has 0 aliphatic carbocycles. The minimum Gasteiger partial charge on any atom is -0.384 e. The molecule has 0 radical (unpaired) electrons. The van der Waals surface area contributed by atoms with Crippen LogP contribution in [0.5, 0.6) is 0 Å². The van der Waals surface area contributed by atoms with E-state index in [0.717, 1.165) is 9.87 Å². The molecule has 0 fully saturated rings. The van der Waals surface area contributed by atoms with Gasteiger partial charge in [-0.05, 0) is 43.5 Å². The second-order valence-corrected chi connectivity index (χ2v) is 8.29. The van der Waals surface area contributed by atoms with Gasteiger partial charge in [0.05, 0.1) is 0 Å². The Hall–Kier alpha value is -2.87. The zero-order chi connectivity index (χ0) is 19.6. The average molecular weight is 386 g/mol. The smallest absolute Gasteiger partial charge is 0.285 e. The predicted molar refractivity (Wildman–Crippen MR) is 105 cm³/mol. The number of carbonyl (C=O) groups excluding carboxylic acids is 1. The first kappa shape index (κ1) is 18.9. The maximum atomic E-state index is 13.0. The van der Waals surface area contributed by atoms with Crippen molar-refractivity contribution < 1.29 is 13.2 Å². The number of aromatic nitrogens is 1. The summed E-state index contributed by atoms with van der Waals surface area (Å²) < 4.78 is 27.0. The van der Waals surface area contributed by atoms with Crippen LogP contribution in [0.4, 0.5) is 5.82 Å². The van der Waals surface area contributed by atoms with Crippen LogP contribution in [-0.2, 0) is 21.2 Å². The molecule has 1 aliphatic heterocycles. The zero-order valence-corrected chi connectivity index (χ0v) is 16.0. The van der Waals surface area contributed by atoms with Crippen molar-refractivity contribution in [2.45, 2.75) is 26.3 Å². The standard InChI is InChI=1S/C19H22N4O3S/c1-13(2)23-19(24)17(22-11-9-14-8-10-21-16(20)12-14)18(27(23,25)26)15-6-4-3-5-7-15/h3-8,10,12-13,22H,9,11H2,1-2H3,(H2,20,21). The van der Waals surface area contributed by atoms with Crippen LogP contribution < -0.4 is 11.1 Å². The lowest BCUT2D eigenvalue weighted by Crippen LogP contribution is -2.39. The van der Waals surface area contributed by atoms with E-state index in [2.05, 4.69) is 10.3 Å². The first-order valence-corrected chi connectivity index (χ1v) is 10.1. The lowest BCUT2D eigenvalue weighted by molar-refractivity contribution is -0.123. The molecule has 2 heterocycles. The Kier molecular flexibility index (Phi) is 5.18. The molecule has 1 aliphatic rings. The van der Waals surface area contributed by atoms with Gasteiger partial charge in [-0.1, -0.05) is 30.3 Å². The molecule has 0 bridgehead atoms. The number of anilines is 1. The number of carbonyl (C=O) groups is 1. The Morgan fingerprint density at radius 3 is 2.52 bits per heavy atom. The van der Waals surface area contributed by atoms with Crippen LogP contribution in [0.25, 0.3) is 4.91 Å². The highest BCUT2D eigenvalue weighted by Gasteiger charge is 2.45. The second-order valence-electron chi connectivity index (χ2n) is 6.54. The van der Waals surface area contributed by atoms with Crippen LogP contribution in [0.15, 0.2) is 54.4 Å². The SMILES string of the molecule is CC(C)N1C(=O)C(NCCc2ccnc(N)c2)=C(c2ccccc2)S1(=O)=O. The highest BCUT2D eigenvalue weighted by molar-refractivity contribution is 7.99. The summed E-state index contributed by atoms with van der Waals surface area (Å²) in [6, 6.07) is 11.8. The van der Waals surface area contributed by atoms with Crippen LogP contribution in [0.2, 0.25) is 0 Å². The molecule has 7 nitrogen and oxygen atoms in total. The van der Waals surface area contributed by atoms with Crippen molar-refractivity contribution in [1.29, 1.82) is 0 Å². The number of rotatable bonds is 6. The number of nitrogens with zero attached hydrogens (tertiary/aromatic N) is 2. The van der Waals surface area contributed by atoms with E-state index in [0.29, 0.717) is 24.3 Å². The zero-order valence-electron chi connectivity index (χ0n) is 15.2. The molecular weight excluding hydrogens is 364 g/mol. The number of nitrogen functional groups attached to an aromatic ring is 1. The van der Waals surface area contributed by atoms with E-state index in [9.17, 15) is 13.2 Å². The van der Waals surface area contributed by atoms with Crippen molar-refractivity contribution in [3.8, 4) is 0 Å². The Bertz CT molecular complexity index is 985. The molecule has 0 saturated heterocycles. The number of pyridine rings is 1. The van der Waals surface area contributed by atoms with Gasteiger partial charge >= 0.3 is 0 Å². The Morgan fingerprint density at radius 2 is 1.89 bits per heavy atom. The molecule has 0 atom stereocenters. The van der Waals surface area contributed by atoms with Crippen LogP contribution in [0, 0.1) is 0 Å². The van der Waals surface area contributed by atoms with Crippen LogP contribution in [-0.4, -0.2) is 36.2 Å². The van der Waals surface area contributed by atoms with Crippen molar-refractivity contribution in [2.75, 3.05) is 12.3 Å². The van der Waals surface area contributed by atoms with Gasteiger partial charge in [-0.15, -0.1) is 0 Å². The van der Waals surface area contributed by atoms with Gasteiger partial charge in [0.1, 0.15) is 16.4 Å². The van der Waals surface area contributed by atoms with E-state index in [1.807, 2.05) is 6.07 Å². The summed E-state index contributed by atoms with van der Waals surface area (Å²) in [4.78, 5) is 16.8. The van der Waals surface area contributed by atoms with E-state index < -0.39 is 22.0 Å². The molecule has 0 saturated carbocycles. The van der Waals surface area contributed by atoms with Crippen molar-refractivity contribution in [2.24, 2.45) is 0 Å². The molecule has 1 aromatic heterocycles. The Balaban J connectivity index is 1.93. The van der Waals surface area contributed by atoms with Gasteiger partial charge in [0.25, 0.3) is 15.9 Å². The predicted octanol–water partition coefficient (Wildman–Crippen LogP) is 1.75. The third kappa shape index (κ3) is 3.66. The van der Waals surface area contributed by atoms with Crippen molar-refractivity contribution in [3.05, 3.63) is 65.5 Å². The molecule has 8 heteroatoms. The molecule has 1 aromatic carbocycles. The second kappa shape index (κ2) is 7.40. The summed E-state index contributed by atoms with van der Waals surface area (Å²) in [7, 11) is -3.91. The summed E-state index contributed by atoms with van der Waals surface area (Å²) in [5, 5.41) is 3.04. The first-order chi connectivity index (χ1) is 12.8. The lowest BCUT2D eigenvalue weighted by atomic mass is 10.1. The quantitative estimate of drug-likeness (QED) is 0.783. The number of nitrogens with one attached hydrogen (secondary N) is 1. The van der Waals surface area contributed by atoms with Gasteiger partial charge in [0, 0.05) is 18.8 Å². The summed E-state index contributed by atoms with van der Waals surface area (Å²) in [6.07, 6.45) is 2.19. The minimum absolute atomic E-state index is 0.0241. The fourth-order valence-electron chi connectivity index (χ4n) is 3.08. The van der Waals surface area contributed by atoms with E-state index in [1.165, 1.54) is 0 Å². The molecular formula is C19H22N4O3S. The molecule has 27 heavy (non-hydrogen) atoms. The normalized spacial score (nSPS) is 16.3. The number of amides is 1. The summed E-state index contributed by atoms with van der Waals surface area (Å²) >= 11 is 0. The summed E-state index contributed by atoms with van der Waals surface area (Å²) in [5.41, 5.74) is 7.23. The number of nitrogens with two attached hydrogens (primary N) is 1. The third-order valence-electron chi connectivity index (χ3n) is 4.22. The highest BCUT2D eigenvalue weighted by Crippen LogP contribution is 2.35. The van der Waals surface area contributed by atoms with E-state index >= 15 is 0 Å². The Labute approximate surface area is 159 Å². The number of hydrogen-bond donors (Lipinski definition) is 2. The fourth-order valence-corrected chi connectivity index (χ4v) is 4.99. The van der Waals surface area contributed by atoms with Gasteiger partial charge < -0.3 is 11.1 Å². The topological polar surface area (TPSA) is 105 Å². The monoisotopic (exact) mass is 386 g/mol. The Morgan fingerprint density at radius 1 is 1.19 bits per heavy atom. The highest BCUT2D eigenvalue weighted by atomic mass is 32.2. The van der Waals surface area contributed by atoms with Gasteiger partial charge in [-0.3, -0.25) is 4.79 Å². The largest absolute Gasteiger partial charge is 0.384 e. The summed E-state index contributed by atoms with van der Waals surface area (Å²) in [5.74, 6) is -0.111. The maximum absolute atomic E-state index is 13.0. The van der Waals surface area contributed by atoms with Gasteiger partial charge in [0.15, 0.2) is 0 Å². The maximum Gasteiger partial charge on any atom is 0.285 e. The number of benzene rings is 1. The van der Waals surface area contributed by atoms with E-state index in [4.69, 9.17) is 5.73 Å². The molecule has 142 valence electrons.